The van der Waals surface area contributed by atoms with Crippen LogP contribution in [-0.4, -0.2) is 11.8 Å². The van der Waals surface area contributed by atoms with Gasteiger partial charge in [-0.1, -0.05) is 44.2 Å². The second kappa shape index (κ2) is 9.22. The zero-order valence-corrected chi connectivity index (χ0v) is 16.9. The van der Waals surface area contributed by atoms with Gasteiger partial charge >= 0.3 is 0 Å². The van der Waals surface area contributed by atoms with Crippen LogP contribution in [0.15, 0.2) is 72.8 Å². The summed E-state index contributed by atoms with van der Waals surface area (Å²) in [4.78, 5) is 25.3. The second-order valence-corrected chi connectivity index (χ2v) is 7.38. The Bertz CT molecular complexity index is 1030. The number of carbonyl (C=O) groups excluding carboxylic acids is 2. The van der Waals surface area contributed by atoms with Gasteiger partial charge in [0.1, 0.15) is 5.82 Å². The van der Waals surface area contributed by atoms with Crippen LogP contribution in [-0.2, 0) is 4.79 Å². The quantitative estimate of drug-likeness (QED) is 0.503. The molecule has 3 aromatic carbocycles. The van der Waals surface area contributed by atoms with E-state index in [1.165, 1.54) is 12.1 Å². The minimum Gasteiger partial charge on any atom is -0.397 e. The normalized spacial score (nSPS) is 11.7. The number of rotatable bonds is 6. The van der Waals surface area contributed by atoms with Crippen LogP contribution in [0.2, 0.25) is 0 Å². The van der Waals surface area contributed by atoms with Crippen molar-refractivity contribution in [3.05, 3.63) is 89.7 Å². The molecule has 2 amide bonds. The standard InChI is InChI=1S/C24H24FN3O2/c1-15(2)22(16-6-4-3-5-7-16)24(30)27-19-11-8-17(9-12-19)23(29)28-21-13-10-18(25)14-20(21)26/h3-15,22H,26H2,1-2H3,(H,27,30)(H,28,29)/t22-/m1/s1. The molecule has 0 heterocycles. The first kappa shape index (κ1) is 21.0. The number of nitrogen functional groups attached to an aromatic ring is 1. The van der Waals surface area contributed by atoms with Gasteiger partial charge in [0, 0.05) is 11.3 Å². The van der Waals surface area contributed by atoms with Gasteiger partial charge < -0.3 is 16.4 Å². The fourth-order valence-corrected chi connectivity index (χ4v) is 3.27. The van der Waals surface area contributed by atoms with Gasteiger partial charge in [-0.3, -0.25) is 9.59 Å². The molecule has 3 rings (SSSR count). The second-order valence-electron chi connectivity index (χ2n) is 7.38. The summed E-state index contributed by atoms with van der Waals surface area (Å²) in [7, 11) is 0. The molecule has 0 unspecified atom stereocenters. The lowest BCUT2D eigenvalue weighted by atomic mass is 9.87. The van der Waals surface area contributed by atoms with Crippen LogP contribution < -0.4 is 16.4 Å². The molecule has 0 saturated carbocycles. The lowest BCUT2D eigenvalue weighted by molar-refractivity contribution is -0.118. The third kappa shape index (κ3) is 5.03. The Kier molecular flexibility index (Phi) is 6.47. The Hall–Kier alpha value is -3.67. The summed E-state index contributed by atoms with van der Waals surface area (Å²) in [6.07, 6.45) is 0. The van der Waals surface area contributed by atoms with Crippen LogP contribution in [0.4, 0.5) is 21.5 Å². The third-order valence-electron chi connectivity index (χ3n) is 4.78. The van der Waals surface area contributed by atoms with E-state index in [0.29, 0.717) is 16.9 Å². The minimum absolute atomic E-state index is 0.104. The third-order valence-corrected chi connectivity index (χ3v) is 4.78. The van der Waals surface area contributed by atoms with Crippen LogP contribution >= 0.6 is 0 Å². The molecule has 4 N–H and O–H groups in total. The number of halogens is 1. The van der Waals surface area contributed by atoms with Crippen molar-refractivity contribution in [2.45, 2.75) is 19.8 Å². The number of anilines is 3. The number of hydrogen-bond acceptors (Lipinski definition) is 3. The largest absolute Gasteiger partial charge is 0.397 e. The summed E-state index contributed by atoms with van der Waals surface area (Å²) in [6, 6.07) is 20.0. The van der Waals surface area contributed by atoms with Crippen molar-refractivity contribution < 1.29 is 14.0 Å². The lowest BCUT2D eigenvalue weighted by Gasteiger charge is -2.21. The molecule has 0 aliphatic carbocycles. The van der Waals surface area contributed by atoms with Crippen molar-refractivity contribution in [1.82, 2.24) is 0 Å². The fraction of sp³-hybridized carbons (Fsp3) is 0.167. The summed E-state index contributed by atoms with van der Waals surface area (Å²) in [6.45, 7) is 4.01. The fourth-order valence-electron chi connectivity index (χ4n) is 3.27. The maximum Gasteiger partial charge on any atom is 0.255 e. The van der Waals surface area contributed by atoms with Gasteiger partial charge in [-0.2, -0.15) is 0 Å². The summed E-state index contributed by atoms with van der Waals surface area (Å²) in [5, 5.41) is 5.57. The maximum atomic E-state index is 13.1. The molecule has 0 spiro atoms. The maximum absolute atomic E-state index is 13.1. The average Bonchev–Trinajstić information content (AvgIpc) is 2.71. The van der Waals surface area contributed by atoms with Gasteiger partial charge in [-0.15, -0.1) is 0 Å². The van der Waals surface area contributed by atoms with E-state index in [4.69, 9.17) is 5.73 Å². The van der Waals surface area contributed by atoms with Gasteiger partial charge in [0.2, 0.25) is 5.91 Å². The zero-order valence-electron chi connectivity index (χ0n) is 16.9. The molecule has 0 radical (unpaired) electrons. The summed E-state index contributed by atoms with van der Waals surface area (Å²) < 4.78 is 13.1. The van der Waals surface area contributed by atoms with Crippen molar-refractivity contribution in [3.8, 4) is 0 Å². The highest BCUT2D eigenvalue weighted by atomic mass is 19.1. The number of benzene rings is 3. The van der Waals surface area contributed by atoms with E-state index in [0.717, 1.165) is 11.6 Å². The lowest BCUT2D eigenvalue weighted by Crippen LogP contribution is -2.25. The topological polar surface area (TPSA) is 84.2 Å². The first-order valence-electron chi connectivity index (χ1n) is 9.67. The zero-order chi connectivity index (χ0) is 21.7. The van der Waals surface area contributed by atoms with E-state index in [2.05, 4.69) is 10.6 Å². The molecule has 5 nitrogen and oxygen atoms in total. The summed E-state index contributed by atoms with van der Waals surface area (Å²) in [5.41, 5.74) is 8.15. The van der Waals surface area contributed by atoms with Crippen molar-refractivity contribution >= 4 is 28.9 Å². The van der Waals surface area contributed by atoms with Crippen LogP contribution in [0.5, 0.6) is 0 Å². The Labute approximate surface area is 175 Å². The molecule has 0 aromatic heterocycles. The van der Waals surface area contributed by atoms with E-state index in [1.54, 1.807) is 24.3 Å². The average molecular weight is 405 g/mol. The molecule has 6 heteroatoms. The number of amides is 2. The molecule has 0 aliphatic rings. The molecule has 0 aliphatic heterocycles. The number of nitrogens with two attached hydrogens (primary N) is 1. The molecule has 0 fully saturated rings. The molecule has 3 aromatic rings. The highest BCUT2D eigenvalue weighted by Crippen LogP contribution is 2.26. The molecular formula is C24H24FN3O2. The molecule has 0 saturated heterocycles. The van der Waals surface area contributed by atoms with Crippen LogP contribution in [0.3, 0.4) is 0 Å². The van der Waals surface area contributed by atoms with Crippen LogP contribution in [0, 0.1) is 11.7 Å². The van der Waals surface area contributed by atoms with Crippen LogP contribution in [0.1, 0.15) is 35.7 Å². The number of hydrogen-bond donors (Lipinski definition) is 3. The first-order valence-corrected chi connectivity index (χ1v) is 9.67. The Morgan fingerprint density at radius 1 is 0.900 bits per heavy atom. The highest BCUT2D eigenvalue weighted by Gasteiger charge is 2.24. The Morgan fingerprint density at radius 3 is 2.17 bits per heavy atom. The summed E-state index contributed by atoms with van der Waals surface area (Å²) in [5.74, 6) is -1.11. The molecule has 154 valence electrons. The molecule has 1 atom stereocenters. The van der Waals surface area contributed by atoms with E-state index in [-0.39, 0.29) is 29.3 Å². The van der Waals surface area contributed by atoms with Crippen LogP contribution in [0.25, 0.3) is 0 Å². The monoisotopic (exact) mass is 405 g/mol. The van der Waals surface area contributed by atoms with E-state index >= 15 is 0 Å². The van der Waals surface area contributed by atoms with Crippen molar-refractivity contribution in [2.24, 2.45) is 5.92 Å². The Balaban J connectivity index is 1.69. The SMILES string of the molecule is CC(C)[C@@H](C(=O)Nc1ccc(C(=O)Nc2ccc(F)cc2N)cc1)c1ccccc1. The van der Waals surface area contributed by atoms with E-state index < -0.39 is 5.82 Å². The number of carbonyl (C=O) groups is 2. The Morgan fingerprint density at radius 2 is 1.57 bits per heavy atom. The minimum atomic E-state index is -0.471. The van der Waals surface area contributed by atoms with Crippen molar-refractivity contribution in [3.63, 3.8) is 0 Å². The molecule has 0 bridgehead atoms. The van der Waals surface area contributed by atoms with Gasteiger partial charge in [0.15, 0.2) is 0 Å². The summed E-state index contributed by atoms with van der Waals surface area (Å²) >= 11 is 0. The number of nitrogens with one attached hydrogen (secondary N) is 2. The van der Waals surface area contributed by atoms with Crippen molar-refractivity contribution in [1.29, 1.82) is 0 Å². The van der Waals surface area contributed by atoms with Crippen molar-refractivity contribution in [2.75, 3.05) is 16.4 Å². The van der Waals surface area contributed by atoms with Gasteiger partial charge in [-0.25, -0.2) is 4.39 Å². The van der Waals surface area contributed by atoms with E-state index in [1.807, 2.05) is 44.2 Å². The van der Waals surface area contributed by atoms with Gasteiger partial charge in [0.05, 0.1) is 17.3 Å². The van der Waals surface area contributed by atoms with Gasteiger partial charge in [-0.05, 0) is 53.9 Å². The predicted molar refractivity (Wildman–Crippen MR) is 118 cm³/mol. The smallest absolute Gasteiger partial charge is 0.255 e. The van der Waals surface area contributed by atoms with E-state index in [9.17, 15) is 14.0 Å². The highest BCUT2D eigenvalue weighted by molar-refractivity contribution is 6.06. The molecule has 30 heavy (non-hydrogen) atoms. The van der Waals surface area contributed by atoms with Gasteiger partial charge in [0.25, 0.3) is 5.91 Å². The molecular weight excluding hydrogens is 381 g/mol. The predicted octanol–water partition coefficient (Wildman–Crippen LogP) is 5.04. The first-order chi connectivity index (χ1) is 14.3.